The highest BCUT2D eigenvalue weighted by atomic mass is 16.4. The largest absolute Gasteiger partial charge is 0.478 e. The summed E-state index contributed by atoms with van der Waals surface area (Å²) in [4.78, 5) is 44.9. The van der Waals surface area contributed by atoms with Crippen LogP contribution in [0.3, 0.4) is 0 Å². The fraction of sp³-hybridized carbons (Fsp3) is 0.250. The number of unbranched alkanes of at least 4 members (excludes halogenated alkanes) is 1. The van der Waals surface area contributed by atoms with Crippen molar-refractivity contribution in [3.05, 3.63) is 42.0 Å². The fourth-order valence-corrected chi connectivity index (χ4v) is 1.64. The minimum absolute atomic E-state index is 0.0912. The third-order valence-electron chi connectivity index (χ3n) is 2.86. The summed E-state index contributed by atoms with van der Waals surface area (Å²) < 4.78 is 0. The van der Waals surface area contributed by atoms with Gasteiger partial charge >= 0.3 is 5.97 Å². The molecule has 0 aliphatic heterocycles. The van der Waals surface area contributed by atoms with Crippen molar-refractivity contribution in [3.8, 4) is 0 Å². The van der Waals surface area contributed by atoms with Gasteiger partial charge in [0.15, 0.2) is 0 Å². The number of aliphatic carboxylic acids is 1. The lowest BCUT2D eigenvalue weighted by Crippen LogP contribution is -2.40. The first kappa shape index (κ1) is 18.9. The van der Waals surface area contributed by atoms with E-state index in [1.165, 1.54) is 12.1 Å². The van der Waals surface area contributed by atoms with Gasteiger partial charge in [-0.05, 0) is 30.7 Å². The molecule has 8 nitrogen and oxygen atoms in total. The number of hydrogen-bond donors (Lipinski definition) is 4. The Bertz CT molecular complexity index is 638. The average Bonchev–Trinajstić information content (AvgIpc) is 2.56. The van der Waals surface area contributed by atoms with Crippen LogP contribution in [-0.4, -0.2) is 28.8 Å². The van der Waals surface area contributed by atoms with Crippen LogP contribution >= 0.6 is 0 Å². The number of nitrogens with one attached hydrogen (secondary N) is 3. The average molecular weight is 333 g/mol. The molecule has 0 aliphatic rings. The summed E-state index contributed by atoms with van der Waals surface area (Å²) in [6, 6.07) is 6.13. The van der Waals surface area contributed by atoms with Gasteiger partial charge in [0.05, 0.1) is 0 Å². The number of benzene rings is 1. The molecule has 0 aliphatic carbocycles. The van der Waals surface area contributed by atoms with Gasteiger partial charge in [0, 0.05) is 29.8 Å². The van der Waals surface area contributed by atoms with Gasteiger partial charge in [-0.3, -0.25) is 25.2 Å². The number of carboxylic acid groups (broad SMARTS) is 1. The van der Waals surface area contributed by atoms with Crippen molar-refractivity contribution in [3.63, 3.8) is 0 Å². The molecule has 128 valence electrons. The monoisotopic (exact) mass is 333 g/mol. The number of carboxylic acids is 1. The molecule has 0 radical (unpaired) electrons. The van der Waals surface area contributed by atoms with Crippen LogP contribution in [0, 0.1) is 0 Å². The van der Waals surface area contributed by atoms with E-state index in [9.17, 15) is 19.2 Å². The van der Waals surface area contributed by atoms with E-state index >= 15 is 0 Å². The third-order valence-corrected chi connectivity index (χ3v) is 2.86. The Labute approximate surface area is 138 Å². The number of amides is 3. The molecule has 1 aromatic carbocycles. The van der Waals surface area contributed by atoms with Crippen molar-refractivity contribution in [2.45, 2.75) is 26.2 Å². The van der Waals surface area contributed by atoms with Gasteiger partial charge < -0.3 is 10.4 Å². The van der Waals surface area contributed by atoms with Gasteiger partial charge in [-0.2, -0.15) is 0 Å². The van der Waals surface area contributed by atoms with Gasteiger partial charge in [0.2, 0.25) is 5.91 Å². The van der Waals surface area contributed by atoms with Gasteiger partial charge in [-0.1, -0.05) is 13.3 Å². The highest BCUT2D eigenvalue weighted by molar-refractivity contribution is 5.99. The van der Waals surface area contributed by atoms with Crippen molar-refractivity contribution < 1.29 is 24.3 Å². The molecule has 0 heterocycles. The number of hydrazine groups is 1. The van der Waals surface area contributed by atoms with Crippen molar-refractivity contribution in [1.82, 2.24) is 10.9 Å². The predicted molar refractivity (Wildman–Crippen MR) is 87.0 cm³/mol. The van der Waals surface area contributed by atoms with Crippen molar-refractivity contribution in [2.75, 3.05) is 5.32 Å². The summed E-state index contributed by atoms with van der Waals surface area (Å²) in [5.74, 6) is -2.71. The molecular weight excluding hydrogens is 314 g/mol. The normalized spacial score (nSPS) is 10.2. The van der Waals surface area contributed by atoms with Crippen LogP contribution in [-0.2, 0) is 14.4 Å². The molecular formula is C16H19N3O5. The van der Waals surface area contributed by atoms with E-state index in [4.69, 9.17) is 5.11 Å². The maximum absolute atomic E-state index is 11.8. The quantitative estimate of drug-likeness (QED) is 0.441. The molecule has 0 spiro atoms. The van der Waals surface area contributed by atoms with Crippen molar-refractivity contribution in [2.24, 2.45) is 0 Å². The third kappa shape index (κ3) is 7.21. The number of anilines is 1. The van der Waals surface area contributed by atoms with Crippen molar-refractivity contribution >= 4 is 29.4 Å². The van der Waals surface area contributed by atoms with E-state index in [-0.39, 0.29) is 11.5 Å². The lowest BCUT2D eigenvalue weighted by molar-refractivity contribution is -0.131. The summed E-state index contributed by atoms with van der Waals surface area (Å²) in [6.45, 7) is 2.00. The van der Waals surface area contributed by atoms with Crippen LogP contribution in [0.15, 0.2) is 36.4 Å². The van der Waals surface area contributed by atoms with Crippen LogP contribution in [0.25, 0.3) is 0 Å². The lowest BCUT2D eigenvalue weighted by atomic mass is 10.2. The van der Waals surface area contributed by atoms with Crippen LogP contribution in [0.4, 0.5) is 5.69 Å². The highest BCUT2D eigenvalue weighted by Crippen LogP contribution is 2.10. The van der Waals surface area contributed by atoms with Crippen LogP contribution < -0.4 is 16.2 Å². The maximum Gasteiger partial charge on any atom is 0.328 e. The number of hydrogen-bond acceptors (Lipinski definition) is 4. The predicted octanol–water partition coefficient (Wildman–Crippen LogP) is 1.22. The molecule has 0 saturated heterocycles. The van der Waals surface area contributed by atoms with E-state index < -0.39 is 17.8 Å². The van der Waals surface area contributed by atoms with E-state index in [2.05, 4.69) is 10.7 Å². The minimum atomic E-state index is -1.27. The highest BCUT2D eigenvalue weighted by Gasteiger charge is 2.07. The molecule has 1 aromatic rings. The summed E-state index contributed by atoms with van der Waals surface area (Å²) in [5, 5.41) is 11.1. The molecule has 24 heavy (non-hydrogen) atoms. The number of rotatable bonds is 7. The number of carbonyl (C=O) groups excluding carboxylic acids is 3. The molecule has 0 fully saturated rings. The van der Waals surface area contributed by atoms with E-state index in [1.54, 1.807) is 12.1 Å². The van der Waals surface area contributed by atoms with Gasteiger partial charge in [0.25, 0.3) is 11.8 Å². The van der Waals surface area contributed by atoms with Crippen molar-refractivity contribution in [1.29, 1.82) is 0 Å². The molecule has 1 rings (SSSR count). The Balaban J connectivity index is 2.50. The Kier molecular flexibility index (Phi) is 7.69. The molecule has 0 unspecified atom stereocenters. The van der Waals surface area contributed by atoms with E-state index in [0.717, 1.165) is 18.9 Å². The van der Waals surface area contributed by atoms with E-state index in [1.807, 2.05) is 12.3 Å². The molecule has 3 amide bonds. The van der Waals surface area contributed by atoms with Crippen LogP contribution in [0.2, 0.25) is 0 Å². The first-order valence-corrected chi connectivity index (χ1v) is 7.33. The Morgan fingerprint density at radius 3 is 2.29 bits per heavy atom. The van der Waals surface area contributed by atoms with E-state index in [0.29, 0.717) is 18.2 Å². The lowest BCUT2D eigenvalue weighted by Gasteiger charge is -2.07. The van der Waals surface area contributed by atoms with Gasteiger partial charge in [-0.25, -0.2) is 4.79 Å². The molecule has 0 atom stereocenters. The maximum atomic E-state index is 11.8. The van der Waals surface area contributed by atoms with Crippen LogP contribution in [0.5, 0.6) is 0 Å². The second-order valence-corrected chi connectivity index (χ2v) is 4.84. The zero-order valence-corrected chi connectivity index (χ0v) is 13.2. The second kappa shape index (κ2) is 9.78. The summed E-state index contributed by atoms with van der Waals surface area (Å²) in [7, 11) is 0. The Morgan fingerprint density at radius 2 is 1.71 bits per heavy atom. The Morgan fingerprint density at radius 1 is 1.04 bits per heavy atom. The molecule has 4 N–H and O–H groups in total. The van der Waals surface area contributed by atoms with Gasteiger partial charge in [0.1, 0.15) is 0 Å². The zero-order valence-electron chi connectivity index (χ0n) is 13.2. The first-order chi connectivity index (χ1) is 11.4. The Hall–Kier alpha value is -3.16. The number of carbonyl (C=O) groups is 4. The smallest absolute Gasteiger partial charge is 0.328 e. The molecule has 0 bridgehead atoms. The SMILES string of the molecule is CCCCC(=O)Nc1ccc(C(=O)NNC(=O)C=CC(=O)O)cc1. The second-order valence-electron chi connectivity index (χ2n) is 4.84. The summed E-state index contributed by atoms with van der Waals surface area (Å²) in [5.41, 5.74) is 5.03. The summed E-state index contributed by atoms with van der Waals surface area (Å²) >= 11 is 0. The summed E-state index contributed by atoms with van der Waals surface area (Å²) in [6.07, 6.45) is 3.60. The van der Waals surface area contributed by atoms with Gasteiger partial charge in [-0.15, -0.1) is 0 Å². The first-order valence-electron chi connectivity index (χ1n) is 7.33. The molecule has 0 aromatic heterocycles. The fourth-order valence-electron chi connectivity index (χ4n) is 1.64. The minimum Gasteiger partial charge on any atom is -0.478 e. The molecule has 0 saturated carbocycles. The zero-order chi connectivity index (χ0) is 17.9. The standard InChI is InChI=1S/C16H19N3O5/c1-2-3-4-13(20)17-12-7-5-11(6-8-12)16(24)19-18-14(21)9-10-15(22)23/h5-10H,2-4H2,1H3,(H,17,20)(H,18,21)(H,19,24)(H,22,23). The molecule has 8 heteroatoms. The van der Waals surface area contributed by atoms with Crippen LogP contribution in [0.1, 0.15) is 36.5 Å². The topological polar surface area (TPSA) is 125 Å².